The number of ether oxygens (including phenoxy) is 2. The van der Waals surface area contributed by atoms with Crippen molar-refractivity contribution in [1.29, 1.82) is 0 Å². The van der Waals surface area contributed by atoms with E-state index in [1.165, 1.54) is 25.7 Å². The van der Waals surface area contributed by atoms with Crippen LogP contribution >= 0.6 is 0 Å². The molecule has 260 valence electrons. The average molecular weight is 639 g/mol. The Balaban J connectivity index is 3.73. The summed E-state index contributed by atoms with van der Waals surface area (Å²) in [6, 6.07) is 0. The van der Waals surface area contributed by atoms with Crippen molar-refractivity contribution in [2.45, 2.75) is 148 Å². The molecule has 0 aliphatic heterocycles. The fourth-order valence-electron chi connectivity index (χ4n) is 4.43. The first kappa shape index (κ1) is 43.1. The number of hydrogen-bond donors (Lipinski definition) is 1. The van der Waals surface area contributed by atoms with Gasteiger partial charge in [0.1, 0.15) is 6.61 Å². The predicted octanol–water partition coefficient (Wildman–Crippen LogP) is 11.2. The summed E-state index contributed by atoms with van der Waals surface area (Å²) in [6.45, 7) is 3.91. The third kappa shape index (κ3) is 34.0. The van der Waals surface area contributed by atoms with Crippen LogP contribution in [0.25, 0.3) is 0 Å². The highest BCUT2D eigenvalue weighted by atomic mass is 16.6. The van der Waals surface area contributed by atoms with Gasteiger partial charge in [0.2, 0.25) is 0 Å². The molecule has 0 aromatic carbocycles. The Kier molecular flexibility index (Phi) is 34.2. The predicted molar refractivity (Wildman–Crippen MR) is 196 cm³/mol. The molecule has 1 atom stereocenters. The number of rotatable bonds is 31. The van der Waals surface area contributed by atoms with Gasteiger partial charge in [-0.1, -0.05) is 125 Å². The minimum Gasteiger partial charge on any atom is -0.462 e. The van der Waals surface area contributed by atoms with E-state index in [1.807, 2.05) is 0 Å². The molecule has 0 rings (SSSR count). The van der Waals surface area contributed by atoms with E-state index in [0.29, 0.717) is 12.8 Å². The first-order chi connectivity index (χ1) is 22.6. The summed E-state index contributed by atoms with van der Waals surface area (Å²) in [4.78, 5) is 24.2. The van der Waals surface area contributed by atoms with Gasteiger partial charge >= 0.3 is 11.9 Å². The minimum absolute atomic E-state index is 0.0994. The van der Waals surface area contributed by atoms with Gasteiger partial charge in [0, 0.05) is 12.8 Å². The zero-order valence-corrected chi connectivity index (χ0v) is 29.3. The van der Waals surface area contributed by atoms with Crippen molar-refractivity contribution in [3.05, 3.63) is 85.1 Å². The Bertz CT molecular complexity index is 906. The van der Waals surface area contributed by atoms with E-state index >= 15 is 0 Å². The number of unbranched alkanes of at least 4 members (excludes halogenated alkanes) is 9. The van der Waals surface area contributed by atoms with E-state index in [9.17, 15) is 14.7 Å². The molecular weight excluding hydrogens is 572 g/mol. The molecule has 0 radical (unpaired) electrons. The highest BCUT2D eigenvalue weighted by molar-refractivity contribution is 5.70. The molecule has 1 N–H and O–H groups in total. The molecule has 0 fully saturated rings. The van der Waals surface area contributed by atoms with Gasteiger partial charge in [0.25, 0.3) is 0 Å². The number of aliphatic hydroxyl groups excluding tert-OH is 1. The molecule has 0 aromatic rings. The Morgan fingerprint density at radius 2 is 0.935 bits per heavy atom. The molecule has 46 heavy (non-hydrogen) atoms. The lowest BCUT2D eigenvalue weighted by Crippen LogP contribution is -2.28. The summed E-state index contributed by atoms with van der Waals surface area (Å²) in [5, 5.41) is 9.52. The zero-order valence-electron chi connectivity index (χ0n) is 29.3. The largest absolute Gasteiger partial charge is 0.462 e. The maximum atomic E-state index is 12.1. The quantitative estimate of drug-likeness (QED) is 0.0465. The fraction of sp³-hybridized carbons (Fsp3) is 0.610. The van der Waals surface area contributed by atoms with E-state index in [-0.39, 0.29) is 25.2 Å². The van der Waals surface area contributed by atoms with Gasteiger partial charge in [-0.3, -0.25) is 9.59 Å². The summed E-state index contributed by atoms with van der Waals surface area (Å²) in [5.41, 5.74) is 0. The second-order valence-corrected chi connectivity index (χ2v) is 11.6. The Labute approximate surface area is 282 Å². The van der Waals surface area contributed by atoms with Crippen molar-refractivity contribution in [1.82, 2.24) is 0 Å². The normalized spacial score (nSPS) is 13.2. The second-order valence-electron chi connectivity index (χ2n) is 11.6. The number of hydrogen-bond acceptors (Lipinski definition) is 5. The van der Waals surface area contributed by atoms with Crippen molar-refractivity contribution >= 4 is 11.9 Å². The summed E-state index contributed by atoms with van der Waals surface area (Å²) >= 11 is 0. The highest BCUT2D eigenvalue weighted by Gasteiger charge is 2.15. The van der Waals surface area contributed by atoms with Gasteiger partial charge in [0.15, 0.2) is 6.10 Å². The molecule has 0 saturated carbocycles. The van der Waals surface area contributed by atoms with Gasteiger partial charge in [-0.15, -0.1) is 0 Å². The smallest absolute Gasteiger partial charge is 0.306 e. The van der Waals surface area contributed by atoms with Crippen LogP contribution in [0.2, 0.25) is 0 Å². The molecule has 5 heteroatoms. The third-order valence-electron chi connectivity index (χ3n) is 7.17. The van der Waals surface area contributed by atoms with Gasteiger partial charge in [0.05, 0.1) is 6.61 Å². The lowest BCUT2D eigenvalue weighted by atomic mass is 10.1. The van der Waals surface area contributed by atoms with E-state index in [0.717, 1.165) is 89.9 Å². The molecule has 0 amide bonds. The second kappa shape index (κ2) is 36.5. The van der Waals surface area contributed by atoms with Crippen LogP contribution in [0, 0.1) is 0 Å². The van der Waals surface area contributed by atoms with Crippen molar-refractivity contribution < 1.29 is 24.2 Å². The van der Waals surface area contributed by atoms with Crippen LogP contribution in [0.5, 0.6) is 0 Å². The molecule has 0 saturated heterocycles. The Hall–Kier alpha value is -2.92. The molecule has 0 heterocycles. The van der Waals surface area contributed by atoms with Crippen LogP contribution in [0.3, 0.4) is 0 Å². The van der Waals surface area contributed by atoms with Crippen LogP contribution in [-0.4, -0.2) is 36.4 Å². The van der Waals surface area contributed by atoms with E-state index in [4.69, 9.17) is 9.47 Å². The highest BCUT2D eigenvalue weighted by Crippen LogP contribution is 2.09. The molecule has 0 aliphatic carbocycles. The van der Waals surface area contributed by atoms with Crippen LogP contribution < -0.4 is 0 Å². The molecule has 0 aliphatic rings. The maximum absolute atomic E-state index is 12.1. The van der Waals surface area contributed by atoms with Crippen molar-refractivity contribution in [2.75, 3.05) is 13.2 Å². The van der Waals surface area contributed by atoms with Gasteiger partial charge < -0.3 is 14.6 Å². The topological polar surface area (TPSA) is 72.8 Å². The molecule has 0 spiro atoms. The number of aliphatic hydroxyl groups is 1. The first-order valence-electron chi connectivity index (χ1n) is 18.1. The SMILES string of the molecule is CC/C=C\C/C=C\C/C=C\C/C=C\CCCCCCC(=O)OC[C@H](CO)OC(=O)CCCC/C=C\C/C=C\C/C=C\CCCCC. The molecule has 0 aromatic heterocycles. The number of esters is 2. The fourth-order valence-corrected chi connectivity index (χ4v) is 4.43. The number of allylic oxidation sites excluding steroid dienone is 14. The molecule has 0 bridgehead atoms. The van der Waals surface area contributed by atoms with E-state index in [1.54, 1.807) is 0 Å². The zero-order chi connectivity index (χ0) is 33.6. The summed E-state index contributed by atoms with van der Waals surface area (Å²) in [5.74, 6) is -0.674. The number of carbonyl (C=O) groups excluding carboxylic acids is 2. The van der Waals surface area contributed by atoms with Crippen LogP contribution in [0.1, 0.15) is 142 Å². The molecular formula is C41H66O5. The lowest BCUT2D eigenvalue weighted by molar-refractivity contribution is -0.161. The first-order valence-corrected chi connectivity index (χ1v) is 18.1. The summed E-state index contributed by atoms with van der Waals surface area (Å²) < 4.78 is 10.5. The van der Waals surface area contributed by atoms with Crippen LogP contribution in [0.15, 0.2) is 85.1 Å². The van der Waals surface area contributed by atoms with Gasteiger partial charge in [-0.2, -0.15) is 0 Å². The van der Waals surface area contributed by atoms with Crippen LogP contribution in [-0.2, 0) is 19.1 Å². The third-order valence-corrected chi connectivity index (χ3v) is 7.17. The van der Waals surface area contributed by atoms with E-state index in [2.05, 4.69) is 98.9 Å². The van der Waals surface area contributed by atoms with E-state index < -0.39 is 6.10 Å². The Morgan fingerprint density at radius 1 is 0.522 bits per heavy atom. The summed E-state index contributed by atoms with van der Waals surface area (Å²) in [6.07, 6.45) is 49.2. The van der Waals surface area contributed by atoms with Crippen LogP contribution in [0.4, 0.5) is 0 Å². The lowest BCUT2D eigenvalue weighted by Gasteiger charge is -2.15. The average Bonchev–Trinajstić information content (AvgIpc) is 3.06. The number of carbonyl (C=O) groups is 2. The standard InChI is InChI=1S/C41H66O5/c1-3-5-7-9-11-13-15-17-19-20-22-23-25-27-29-31-33-35-40(43)45-38-39(37-42)46-41(44)36-34-32-30-28-26-24-21-18-16-14-12-10-8-6-4-2/h5,7,11-14,17-19,21-23,26,28,39,42H,3-4,6,8-10,15-16,20,24-25,27,29-38H2,1-2H3/b7-5-,13-11-,14-12-,19-17-,21-18-,23-22-,28-26-/t39-/m0/s1. The molecule has 5 nitrogen and oxygen atoms in total. The summed E-state index contributed by atoms with van der Waals surface area (Å²) in [7, 11) is 0. The van der Waals surface area contributed by atoms with Crippen molar-refractivity contribution in [3.63, 3.8) is 0 Å². The van der Waals surface area contributed by atoms with Crippen molar-refractivity contribution in [2.24, 2.45) is 0 Å². The maximum Gasteiger partial charge on any atom is 0.306 e. The minimum atomic E-state index is -0.805. The molecule has 0 unspecified atom stereocenters. The monoisotopic (exact) mass is 638 g/mol. The Morgan fingerprint density at radius 3 is 1.43 bits per heavy atom. The van der Waals surface area contributed by atoms with Gasteiger partial charge in [-0.05, 0) is 89.9 Å². The van der Waals surface area contributed by atoms with Gasteiger partial charge in [-0.25, -0.2) is 0 Å². The van der Waals surface area contributed by atoms with Crippen molar-refractivity contribution in [3.8, 4) is 0 Å².